The molecule has 5 heteroatoms. The highest BCUT2D eigenvalue weighted by Crippen LogP contribution is 2.20. The quantitative estimate of drug-likeness (QED) is 0.689. The minimum atomic E-state index is -0.341. The summed E-state index contributed by atoms with van der Waals surface area (Å²) in [5, 5.41) is 9.14. The number of imidazole rings is 1. The zero-order chi connectivity index (χ0) is 9.14. The van der Waals surface area contributed by atoms with Crippen molar-refractivity contribution in [3.8, 4) is 11.8 Å². The van der Waals surface area contributed by atoms with Gasteiger partial charge in [-0.05, 0) is 6.42 Å². The predicted molar refractivity (Wildman–Crippen MR) is 43.6 cm³/mol. The number of ether oxygens (including phenoxy) is 1. The molecule has 0 bridgehead atoms. The highest BCUT2D eigenvalue weighted by atomic mass is 16.5. The second-order valence-corrected chi connectivity index (χ2v) is 2.44. The molecule has 0 spiro atoms. The van der Waals surface area contributed by atoms with Gasteiger partial charge in [0.1, 0.15) is 0 Å². The lowest BCUT2D eigenvalue weighted by molar-refractivity contribution is 0.337. The summed E-state index contributed by atoms with van der Waals surface area (Å²) in [6.45, 7) is 2.48. The average Bonchev–Trinajstić information content (AvgIpc) is 2.28. The molecule has 0 aromatic carbocycles. The number of nitrogens with one attached hydrogen (secondary N) is 1. The molecule has 0 radical (unpaired) electrons. The Morgan fingerprint density at radius 1 is 1.67 bits per heavy atom. The number of aromatic hydroxyl groups is 1. The van der Waals surface area contributed by atoms with Crippen LogP contribution >= 0.6 is 0 Å². The fourth-order valence-electron chi connectivity index (χ4n) is 1.08. The molecule has 1 aromatic rings. The van der Waals surface area contributed by atoms with Crippen LogP contribution in [0.1, 0.15) is 13.3 Å². The van der Waals surface area contributed by atoms with E-state index in [-0.39, 0.29) is 17.4 Å². The van der Waals surface area contributed by atoms with Crippen LogP contribution < -0.4 is 10.4 Å². The van der Waals surface area contributed by atoms with Crippen LogP contribution in [0.5, 0.6) is 11.8 Å². The molecule has 0 saturated carbocycles. The van der Waals surface area contributed by atoms with E-state index >= 15 is 0 Å². The minimum Gasteiger partial charge on any atom is -0.491 e. The Balaban J connectivity index is 3.13. The van der Waals surface area contributed by atoms with Crippen LogP contribution in [0.4, 0.5) is 0 Å². The molecule has 12 heavy (non-hydrogen) atoms. The van der Waals surface area contributed by atoms with E-state index in [1.165, 1.54) is 11.7 Å². The Hall–Kier alpha value is -1.39. The van der Waals surface area contributed by atoms with Crippen molar-refractivity contribution in [1.82, 2.24) is 9.55 Å². The highest BCUT2D eigenvalue weighted by Gasteiger charge is 2.11. The van der Waals surface area contributed by atoms with Gasteiger partial charge in [0.2, 0.25) is 0 Å². The third kappa shape index (κ3) is 1.30. The van der Waals surface area contributed by atoms with Gasteiger partial charge in [-0.15, -0.1) is 0 Å². The number of rotatable bonds is 3. The summed E-state index contributed by atoms with van der Waals surface area (Å²) in [5.74, 6) is -0.0159. The Labute approximate surface area is 69.6 Å². The van der Waals surface area contributed by atoms with Crippen LogP contribution in [-0.4, -0.2) is 21.8 Å². The summed E-state index contributed by atoms with van der Waals surface area (Å²) >= 11 is 0. The van der Waals surface area contributed by atoms with E-state index in [1.54, 1.807) is 0 Å². The van der Waals surface area contributed by atoms with Gasteiger partial charge in [-0.25, -0.2) is 4.79 Å². The largest absolute Gasteiger partial charge is 0.491 e. The first-order chi connectivity index (χ1) is 5.70. The van der Waals surface area contributed by atoms with Crippen LogP contribution in [0.3, 0.4) is 0 Å². The van der Waals surface area contributed by atoms with E-state index in [0.29, 0.717) is 6.54 Å². The van der Waals surface area contributed by atoms with Gasteiger partial charge in [0.05, 0.1) is 7.11 Å². The summed E-state index contributed by atoms with van der Waals surface area (Å²) in [7, 11) is 1.41. The van der Waals surface area contributed by atoms with Crippen molar-refractivity contribution in [2.24, 2.45) is 0 Å². The third-order valence-corrected chi connectivity index (χ3v) is 1.56. The second kappa shape index (κ2) is 3.34. The molecule has 1 aromatic heterocycles. The summed E-state index contributed by atoms with van der Waals surface area (Å²) < 4.78 is 6.19. The van der Waals surface area contributed by atoms with Gasteiger partial charge in [-0.3, -0.25) is 9.55 Å². The SMILES string of the molecule is CCCn1c(OC)c(O)[nH]c1=O. The smallest absolute Gasteiger partial charge is 0.331 e. The normalized spacial score (nSPS) is 10.2. The molecule has 0 aliphatic rings. The third-order valence-electron chi connectivity index (χ3n) is 1.56. The van der Waals surface area contributed by atoms with Crippen LogP contribution in [0.15, 0.2) is 4.79 Å². The number of aromatic amines is 1. The molecule has 5 nitrogen and oxygen atoms in total. The molecule has 0 saturated heterocycles. The second-order valence-electron chi connectivity index (χ2n) is 2.44. The van der Waals surface area contributed by atoms with Crippen molar-refractivity contribution < 1.29 is 9.84 Å². The molecule has 1 rings (SSSR count). The van der Waals surface area contributed by atoms with Crippen LogP contribution in [0, 0.1) is 0 Å². The summed E-state index contributed by atoms with van der Waals surface area (Å²) in [6, 6.07) is 0. The summed E-state index contributed by atoms with van der Waals surface area (Å²) in [5.41, 5.74) is -0.341. The number of H-pyrrole nitrogens is 1. The number of hydrogen-bond acceptors (Lipinski definition) is 3. The topological polar surface area (TPSA) is 67.2 Å². The lowest BCUT2D eigenvalue weighted by atomic mass is 10.5. The van der Waals surface area contributed by atoms with Gasteiger partial charge in [-0.1, -0.05) is 6.92 Å². The standard InChI is InChI=1S/C7H12N2O3/c1-3-4-9-6(12-2)5(10)8-7(9)11/h10H,3-4H2,1-2H3,(H,8,11). The molecule has 1 heterocycles. The van der Waals surface area contributed by atoms with E-state index < -0.39 is 0 Å². The fraction of sp³-hybridized carbons (Fsp3) is 0.571. The van der Waals surface area contributed by atoms with Crippen molar-refractivity contribution >= 4 is 0 Å². The minimum absolute atomic E-state index is 0.196. The number of nitrogens with zero attached hydrogens (tertiary/aromatic N) is 1. The van der Waals surface area contributed by atoms with Gasteiger partial charge in [0.15, 0.2) is 0 Å². The van der Waals surface area contributed by atoms with Gasteiger partial charge in [-0.2, -0.15) is 0 Å². The van der Waals surface area contributed by atoms with Crippen LogP contribution in [0.25, 0.3) is 0 Å². The molecule has 0 unspecified atom stereocenters. The van der Waals surface area contributed by atoms with Gasteiger partial charge < -0.3 is 9.84 Å². The Kier molecular flexibility index (Phi) is 2.42. The average molecular weight is 172 g/mol. The molecular formula is C7H12N2O3. The fourth-order valence-corrected chi connectivity index (χ4v) is 1.08. The monoisotopic (exact) mass is 172 g/mol. The zero-order valence-corrected chi connectivity index (χ0v) is 7.13. The first kappa shape index (κ1) is 8.70. The first-order valence-electron chi connectivity index (χ1n) is 3.76. The predicted octanol–water partition coefficient (Wildman–Crippen LogP) is 0.301. The van der Waals surface area contributed by atoms with Crippen molar-refractivity contribution in [1.29, 1.82) is 0 Å². The maximum Gasteiger partial charge on any atom is 0.331 e. The van der Waals surface area contributed by atoms with Gasteiger partial charge in [0.25, 0.3) is 11.8 Å². The number of aromatic nitrogens is 2. The molecule has 0 fully saturated rings. The lowest BCUT2D eigenvalue weighted by Crippen LogP contribution is -2.17. The zero-order valence-electron chi connectivity index (χ0n) is 7.13. The van der Waals surface area contributed by atoms with Crippen molar-refractivity contribution in [2.75, 3.05) is 7.11 Å². The Morgan fingerprint density at radius 2 is 2.33 bits per heavy atom. The maximum atomic E-state index is 11.1. The first-order valence-corrected chi connectivity index (χ1v) is 3.76. The van der Waals surface area contributed by atoms with Crippen LogP contribution in [0.2, 0.25) is 0 Å². The Bertz CT molecular complexity index is 313. The van der Waals surface area contributed by atoms with E-state index in [9.17, 15) is 4.79 Å². The van der Waals surface area contributed by atoms with E-state index in [2.05, 4.69) is 4.98 Å². The van der Waals surface area contributed by atoms with Crippen molar-refractivity contribution in [3.63, 3.8) is 0 Å². The van der Waals surface area contributed by atoms with E-state index in [4.69, 9.17) is 9.84 Å². The van der Waals surface area contributed by atoms with Crippen molar-refractivity contribution in [3.05, 3.63) is 10.5 Å². The Morgan fingerprint density at radius 3 is 2.83 bits per heavy atom. The number of hydrogen-bond donors (Lipinski definition) is 2. The van der Waals surface area contributed by atoms with Gasteiger partial charge >= 0.3 is 5.69 Å². The molecular weight excluding hydrogens is 160 g/mol. The van der Waals surface area contributed by atoms with E-state index in [1.807, 2.05) is 6.92 Å². The maximum absolute atomic E-state index is 11.1. The van der Waals surface area contributed by atoms with Gasteiger partial charge in [0, 0.05) is 6.54 Å². The van der Waals surface area contributed by atoms with Crippen LogP contribution in [-0.2, 0) is 6.54 Å². The lowest BCUT2D eigenvalue weighted by Gasteiger charge is -2.02. The molecule has 0 aliphatic carbocycles. The molecule has 0 atom stereocenters. The summed E-state index contributed by atoms with van der Waals surface area (Å²) in [4.78, 5) is 13.3. The highest BCUT2D eigenvalue weighted by molar-refractivity contribution is 5.24. The molecule has 68 valence electrons. The molecule has 2 N–H and O–H groups in total. The molecule has 0 aliphatic heterocycles. The summed E-state index contributed by atoms with van der Waals surface area (Å²) in [6.07, 6.45) is 0.813. The van der Waals surface area contributed by atoms with E-state index in [0.717, 1.165) is 6.42 Å². The number of methoxy groups -OCH3 is 1. The van der Waals surface area contributed by atoms with Crippen molar-refractivity contribution in [2.45, 2.75) is 19.9 Å². The molecule has 0 amide bonds.